The molecule has 0 amide bonds. The molecule has 0 aliphatic heterocycles. The van der Waals surface area contributed by atoms with Crippen LogP contribution in [-0.4, -0.2) is 14.8 Å². The van der Waals surface area contributed by atoms with Gasteiger partial charge in [-0.25, -0.2) is 0 Å². The summed E-state index contributed by atoms with van der Waals surface area (Å²) < 4.78 is 1.88. The first-order valence-electron chi connectivity index (χ1n) is 4.68. The Morgan fingerprint density at radius 2 is 2.07 bits per heavy atom. The van der Waals surface area contributed by atoms with Crippen LogP contribution in [-0.2, 0) is 13.6 Å². The molecule has 0 fully saturated rings. The first-order chi connectivity index (χ1) is 7.25. The number of aromatic nitrogens is 3. The molecule has 0 saturated heterocycles. The number of anilines is 2. The van der Waals surface area contributed by atoms with Gasteiger partial charge in [-0.3, -0.25) is 0 Å². The molecule has 0 bridgehead atoms. The van der Waals surface area contributed by atoms with Gasteiger partial charge >= 0.3 is 0 Å². The van der Waals surface area contributed by atoms with Gasteiger partial charge in [-0.15, -0.1) is 10.2 Å². The maximum absolute atomic E-state index is 5.59. The van der Waals surface area contributed by atoms with Gasteiger partial charge in [0, 0.05) is 18.4 Å². The second-order valence-corrected chi connectivity index (χ2v) is 3.33. The largest absolute Gasteiger partial charge is 0.399 e. The summed E-state index contributed by atoms with van der Waals surface area (Å²) in [5.74, 6) is 0.895. The molecule has 0 aliphatic rings. The molecule has 0 radical (unpaired) electrons. The number of aryl methyl sites for hydroxylation is 1. The summed E-state index contributed by atoms with van der Waals surface area (Å²) in [4.78, 5) is 0. The molecule has 0 aliphatic carbocycles. The number of rotatable bonds is 3. The van der Waals surface area contributed by atoms with E-state index in [4.69, 9.17) is 5.73 Å². The Morgan fingerprint density at radius 1 is 1.33 bits per heavy atom. The Balaban J connectivity index is 1.99. The van der Waals surface area contributed by atoms with Crippen LogP contribution in [0.15, 0.2) is 30.6 Å². The molecule has 1 heterocycles. The minimum absolute atomic E-state index is 0.653. The van der Waals surface area contributed by atoms with Gasteiger partial charge in [0.15, 0.2) is 5.82 Å². The van der Waals surface area contributed by atoms with E-state index in [0.717, 1.165) is 17.2 Å². The molecule has 1 aromatic carbocycles. The first-order valence-corrected chi connectivity index (χ1v) is 4.68. The summed E-state index contributed by atoms with van der Waals surface area (Å²) in [7, 11) is 1.92. The van der Waals surface area contributed by atoms with Gasteiger partial charge in [-0.1, -0.05) is 0 Å². The molecule has 0 saturated carbocycles. The average Bonchev–Trinajstić information content (AvgIpc) is 2.63. The summed E-state index contributed by atoms with van der Waals surface area (Å²) in [6, 6.07) is 7.59. The number of benzene rings is 1. The zero-order valence-corrected chi connectivity index (χ0v) is 8.51. The van der Waals surface area contributed by atoms with E-state index in [1.165, 1.54) is 0 Å². The molecular weight excluding hydrogens is 190 g/mol. The van der Waals surface area contributed by atoms with Crippen molar-refractivity contribution in [3.63, 3.8) is 0 Å². The first kappa shape index (κ1) is 9.51. The molecule has 2 aromatic rings. The van der Waals surface area contributed by atoms with Gasteiger partial charge in [0.1, 0.15) is 6.33 Å². The number of nitrogens with one attached hydrogen (secondary N) is 1. The molecule has 15 heavy (non-hydrogen) atoms. The van der Waals surface area contributed by atoms with Crippen LogP contribution in [0, 0.1) is 0 Å². The summed E-state index contributed by atoms with van der Waals surface area (Å²) in [5.41, 5.74) is 7.37. The highest BCUT2D eigenvalue weighted by molar-refractivity contribution is 5.51. The third-order valence-corrected chi connectivity index (χ3v) is 2.17. The van der Waals surface area contributed by atoms with E-state index in [2.05, 4.69) is 15.5 Å². The lowest BCUT2D eigenvalue weighted by molar-refractivity contribution is 0.812. The number of hydrogen-bond donors (Lipinski definition) is 2. The Labute approximate surface area is 87.9 Å². The fraction of sp³-hybridized carbons (Fsp3) is 0.200. The van der Waals surface area contributed by atoms with Gasteiger partial charge in [0.25, 0.3) is 0 Å². The van der Waals surface area contributed by atoms with Crippen molar-refractivity contribution in [1.29, 1.82) is 0 Å². The van der Waals surface area contributed by atoms with E-state index >= 15 is 0 Å². The third-order valence-electron chi connectivity index (χ3n) is 2.17. The van der Waals surface area contributed by atoms with Crippen LogP contribution in [0.4, 0.5) is 11.4 Å². The van der Waals surface area contributed by atoms with Gasteiger partial charge in [-0.2, -0.15) is 0 Å². The normalized spacial score (nSPS) is 10.2. The van der Waals surface area contributed by atoms with E-state index in [1.54, 1.807) is 6.33 Å². The maximum Gasteiger partial charge on any atom is 0.151 e. The predicted molar refractivity (Wildman–Crippen MR) is 59.2 cm³/mol. The molecule has 1 aromatic heterocycles. The van der Waals surface area contributed by atoms with Crippen molar-refractivity contribution in [3.05, 3.63) is 36.4 Å². The Kier molecular flexibility index (Phi) is 2.53. The Morgan fingerprint density at radius 3 is 2.67 bits per heavy atom. The lowest BCUT2D eigenvalue weighted by atomic mass is 10.3. The van der Waals surface area contributed by atoms with Gasteiger partial charge in [0.05, 0.1) is 6.54 Å². The van der Waals surface area contributed by atoms with Crippen molar-refractivity contribution < 1.29 is 0 Å². The molecule has 5 nitrogen and oxygen atoms in total. The van der Waals surface area contributed by atoms with Crippen LogP contribution in [0.2, 0.25) is 0 Å². The van der Waals surface area contributed by atoms with Gasteiger partial charge < -0.3 is 15.6 Å². The minimum Gasteiger partial charge on any atom is -0.399 e. The topological polar surface area (TPSA) is 68.8 Å². The summed E-state index contributed by atoms with van der Waals surface area (Å²) in [6.45, 7) is 0.653. The zero-order valence-electron chi connectivity index (χ0n) is 8.51. The van der Waals surface area contributed by atoms with Crippen LogP contribution in [0.1, 0.15) is 5.82 Å². The smallest absolute Gasteiger partial charge is 0.151 e. The third kappa shape index (κ3) is 2.25. The van der Waals surface area contributed by atoms with Crippen LogP contribution in [0.5, 0.6) is 0 Å². The highest BCUT2D eigenvalue weighted by Gasteiger charge is 1.99. The summed E-state index contributed by atoms with van der Waals surface area (Å²) in [6.07, 6.45) is 1.68. The van der Waals surface area contributed by atoms with E-state index in [9.17, 15) is 0 Å². The highest BCUT2D eigenvalue weighted by Crippen LogP contribution is 2.11. The minimum atomic E-state index is 0.653. The fourth-order valence-electron chi connectivity index (χ4n) is 1.25. The van der Waals surface area contributed by atoms with Crippen molar-refractivity contribution in [1.82, 2.24) is 14.8 Å². The van der Waals surface area contributed by atoms with Crippen molar-refractivity contribution in [2.75, 3.05) is 11.1 Å². The number of nitrogens with two attached hydrogens (primary N) is 1. The Bertz CT molecular complexity index is 431. The van der Waals surface area contributed by atoms with Crippen molar-refractivity contribution >= 4 is 11.4 Å². The number of hydrogen-bond acceptors (Lipinski definition) is 4. The van der Waals surface area contributed by atoms with Crippen molar-refractivity contribution in [2.24, 2.45) is 7.05 Å². The molecular formula is C10H13N5. The van der Waals surface area contributed by atoms with Crippen LogP contribution in [0.25, 0.3) is 0 Å². The molecule has 2 rings (SSSR count). The molecule has 3 N–H and O–H groups in total. The van der Waals surface area contributed by atoms with Crippen molar-refractivity contribution in [3.8, 4) is 0 Å². The van der Waals surface area contributed by atoms with E-state index in [-0.39, 0.29) is 0 Å². The van der Waals surface area contributed by atoms with E-state index < -0.39 is 0 Å². The molecule has 78 valence electrons. The van der Waals surface area contributed by atoms with Gasteiger partial charge in [-0.05, 0) is 24.3 Å². The lowest BCUT2D eigenvalue weighted by Crippen LogP contribution is -2.05. The molecule has 0 atom stereocenters. The quantitative estimate of drug-likeness (QED) is 0.730. The molecule has 0 unspecified atom stereocenters. The highest BCUT2D eigenvalue weighted by atomic mass is 15.3. The number of nitrogen functional groups attached to an aromatic ring is 1. The maximum atomic E-state index is 5.59. The molecule has 0 spiro atoms. The fourth-order valence-corrected chi connectivity index (χ4v) is 1.25. The van der Waals surface area contributed by atoms with E-state index in [1.807, 2.05) is 35.9 Å². The van der Waals surface area contributed by atoms with Crippen molar-refractivity contribution in [2.45, 2.75) is 6.54 Å². The summed E-state index contributed by atoms with van der Waals surface area (Å²) in [5, 5.41) is 11.0. The monoisotopic (exact) mass is 203 g/mol. The predicted octanol–water partition coefficient (Wildman–Crippen LogP) is 1.01. The van der Waals surface area contributed by atoms with Crippen LogP contribution < -0.4 is 11.1 Å². The average molecular weight is 203 g/mol. The van der Waals surface area contributed by atoms with Gasteiger partial charge in [0.2, 0.25) is 0 Å². The Hall–Kier alpha value is -2.04. The second-order valence-electron chi connectivity index (χ2n) is 3.33. The van der Waals surface area contributed by atoms with E-state index in [0.29, 0.717) is 6.54 Å². The van der Waals surface area contributed by atoms with Crippen LogP contribution in [0.3, 0.4) is 0 Å². The molecule has 5 heteroatoms. The number of nitrogens with zero attached hydrogens (tertiary/aromatic N) is 3. The SMILES string of the molecule is Cn1cnnc1CNc1ccc(N)cc1. The van der Waals surface area contributed by atoms with Crippen LogP contribution >= 0.6 is 0 Å². The second kappa shape index (κ2) is 4.00. The standard InChI is InChI=1S/C10H13N5/c1-15-7-13-14-10(15)6-12-9-4-2-8(11)3-5-9/h2-5,7,12H,6,11H2,1H3. The lowest BCUT2D eigenvalue weighted by Gasteiger charge is -2.05. The summed E-state index contributed by atoms with van der Waals surface area (Å²) >= 11 is 0. The zero-order chi connectivity index (χ0) is 10.7.